The van der Waals surface area contributed by atoms with Gasteiger partial charge in [-0.15, -0.1) is 0 Å². The molecule has 4 nitrogen and oxygen atoms in total. The molecule has 1 rings (SSSR count). The van der Waals surface area contributed by atoms with Gasteiger partial charge in [-0.3, -0.25) is 14.5 Å². The van der Waals surface area contributed by atoms with Crippen LogP contribution in [0.1, 0.15) is 81.1 Å². The molecule has 0 N–H and O–H groups in total. The molecule has 1 saturated heterocycles. The maximum atomic E-state index is 10.7. The molecule has 0 spiro atoms. The average molecular weight is 319 g/mol. The third-order valence-electron chi connectivity index (χ3n) is 2.43. The summed E-state index contributed by atoms with van der Waals surface area (Å²) in [6.07, 6.45) is 3.45. The van der Waals surface area contributed by atoms with Gasteiger partial charge in [0.25, 0.3) is 0 Å². The summed E-state index contributed by atoms with van der Waals surface area (Å²) in [5.74, 6) is -0.0509. The number of nitrogens with zero attached hydrogens (tertiary/aromatic N) is 2. The summed E-state index contributed by atoms with van der Waals surface area (Å²) < 4.78 is 0. The van der Waals surface area contributed by atoms with E-state index in [1.165, 1.54) is 24.3 Å². The van der Waals surface area contributed by atoms with Crippen molar-refractivity contribution in [3.05, 3.63) is 0 Å². The van der Waals surface area contributed by atoms with Gasteiger partial charge in [0.05, 0.1) is 0 Å². The molecular weight excluding hydrogens is 276 g/mol. The maximum Gasteiger partial charge on any atom is 0.229 e. The molecule has 0 saturated carbocycles. The Balaban J connectivity index is -0.000000112. The Morgan fingerprint density at radius 2 is 1.23 bits per heavy atom. The van der Waals surface area contributed by atoms with Crippen LogP contribution in [-0.2, 0) is 9.59 Å². The fourth-order valence-corrected chi connectivity index (χ4v) is 1.45. The Morgan fingerprint density at radius 1 is 0.864 bits per heavy atom. The van der Waals surface area contributed by atoms with E-state index in [1.807, 2.05) is 41.5 Å². The maximum absolute atomic E-state index is 10.7. The topological polar surface area (TPSA) is 40.6 Å². The molecule has 22 heavy (non-hydrogen) atoms. The van der Waals surface area contributed by atoms with E-state index < -0.39 is 0 Å². The number of unbranched alkanes of at least 4 members (excludes halogenated alkanes) is 1. The Hall–Kier alpha value is -0.900. The fourth-order valence-electron chi connectivity index (χ4n) is 1.45. The van der Waals surface area contributed by atoms with E-state index in [2.05, 4.69) is 25.9 Å². The molecule has 0 aromatic heterocycles. The lowest BCUT2D eigenvalue weighted by Crippen LogP contribution is -2.28. The van der Waals surface area contributed by atoms with Crippen LogP contribution in [0.25, 0.3) is 0 Å². The first-order valence-corrected chi connectivity index (χ1v) is 9.00. The number of carbonyl (C=O) groups excluding carboxylic acids is 2. The minimum absolute atomic E-state index is 0.0255. The predicted molar refractivity (Wildman–Crippen MR) is 99.1 cm³/mol. The summed E-state index contributed by atoms with van der Waals surface area (Å²) in [4.78, 5) is 24.9. The van der Waals surface area contributed by atoms with Gasteiger partial charge >= 0.3 is 0 Å². The first-order chi connectivity index (χ1) is 10.5. The molecule has 4 heteroatoms. The van der Waals surface area contributed by atoms with E-state index in [4.69, 9.17) is 0 Å². The summed E-state index contributed by atoms with van der Waals surface area (Å²) in [5, 5.41) is 0. The number of amides is 2. The van der Waals surface area contributed by atoms with Crippen LogP contribution < -0.4 is 0 Å². The highest BCUT2D eigenvalue weighted by molar-refractivity contribution is 6.01. The molecule has 1 heterocycles. The molecule has 0 aromatic rings. The van der Waals surface area contributed by atoms with Gasteiger partial charge in [-0.25, -0.2) is 0 Å². The minimum Gasteiger partial charge on any atom is -0.309 e. The van der Waals surface area contributed by atoms with Crippen molar-refractivity contribution in [3.63, 3.8) is 0 Å². The highest BCUT2D eigenvalue weighted by Gasteiger charge is 2.26. The average Bonchev–Trinajstić information content (AvgIpc) is 2.90. The van der Waals surface area contributed by atoms with Gasteiger partial charge in [-0.05, 0) is 34.0 Å². The fraction of sp³-hybridized carbons (Fsp3) is 0.889. The van der Waals surface area contributed by atoms with Crippen LogP contribution in [0.15, 0.2) is 0 Å². The summed E-state index contributed by atoms with van der Waals surface area (Å²) in [6.45, 7) is 17.8. The van der Waals surface area contributed by atoms with Crippen molar-refractivity contribution in [1.82, 2.24) is 9.80 Å². The van der Waals surface area contributed by atoms with Crippen LogP contribution in [0.3, 0.4) is 0 Å². The molecule has 1 aliphatic heterocycles. The molecule has 0 bridgehead atoms. The number of hydrogen-bond acceptors (Lipinski definition) is 3. The summed E-state index contributed by atoms with van der Waals surface area (Å²) >= 11 is 0. The van der Waals surface area contributed by atoms with Crippen molar-refractivity contribution >= 4 is 11.8 Å². The van der Waals surface area contributed by atoms with Crippen molar-refractivity contribution in [2.24, 2.45) is 0 Å². The van der Waals surface area contributed by atoms with Crippen molar-refractivity contribution in [2.75, 3.05) is 27.2 Å². The molecule has 0 atom stereocenters. The second kappa shape index (κ2) is 25.1. The smallest absolute Gasteiger partial charge is 0.229 e. The van der Waals surface area contributed by atoms with Crippen LogP contribution in [0, 0.1) is 0 Å². The lowest BCUT2D eigenvalue weighted by atomic mass is 10.3. The van der Waals surface area contributed by atoms with E-state index in [0.717, 1.165) is 0 Å². The van der Waals surface area contributed by atoms with Crippen LogP contribution in [0.5, 0.6) is 0 Å². The van der Waals surface area contributed by atoms with Gasteiger partial charge in [-0.2, -0.15) is 0 Å². The monoisotopic (exact) mass is 318 g/mol. The normalized spacial score (nSPS) is 12.0. The highest BCUT2D eigenvalue weighted by atomic mass is 16.2. The van der Waals surface area contributed by atoms with Gasteiger partial charge in [0.2, 0.25) is 11.8 Å². The van der Waals surface area contributed by atoms with Crippen LogP contribution >= 0.6 is 0 Å². The van der Waals surface area contributed by atoms with Crippen LogP contribution in [0.2, 0.25) is 0 Å². The zero-order chi connectivity index (χ0) is 18.6. The molecule has 136 valence electrons. The minimum atomic E-state index is -0.0255. The van der Waals surface area contributed by atoms with Gasteiger partial charge in [-0.1, -0.05) is 54.9 Å². The second-order valence-electron chi connectivity index (χ2n) is 4.19. The Morgan fingerprint density at radius 3 is 1.36 bits per heavy atom. The van der Waals surface area contributed by atoms with Crippen molar-refractivity contribution in [1.29, 1.82) is 0 Å². The first-order valence-electron chi connectivity index (χ1n) is 9.00. The van der Waals surface area contributed by atoms with E-state index >= 15 is 0 Å². The summed E-state index contributed by atoms with van der Waals surface area (Å²) in [7, 11) is 4.21. The molecule has 1 fully saturated rings. The lowest BCUT2D eigenvalue weighted by Gasteiger charge is -2.08. The van der Waals surface area contributed by atoms with E-state index in [9.17, 15) is 9.59 Å². The molecule has 2 amide bonds. The zero-order valence-corrected chi connectivity index (χ0v) is 17.0. The Labute approximate surface area is 140 Å². The molecule has 0 radical (unpaired) electrons. The quantitative estimate of drug-likeness (QED) is 0.712. The van der Waals surface area contributed by atoms with Crippen molar-refractivity contribution < 1.29 is 9.59 Å². The number of carbonyl (C=O) groups is 2. The van der Waals surface area contributed by atoms with E-state index in [1.54, 1.807) is 6.92 Å². The Kier molecular flexibility index (Phi) is 33.2. The third kappa shape index (κ3) is 19.1. The Bertz CT molecular complexity index is 213. The standard InChI is InChI=1S/C6H9NO2.C6H15N.3C2H6/c1-2-7-5(8)3-4-6(7)9;1-4-5-6-7(2)3;3*1-2/h2-4H2,1H3;4-6H2,1-3H3;3*1-2H3. The zero-order valence-electron chi connectivity index (χ0n) is 17.0. The molecule has 0 aromatic carbocycles. The third-order valence-corrected chi connectivity index (χ3v) is 2.43. The number of rotatable bonds is 4. The van der Waals surface area contributed by atoms with E-state index in [0.29, 0.717) is 19.4 Å². The van der Waals surface area contributed by atoms with Crippen molar-refractivity contribution in [2.45, 2.75) is 81.1 Å². The van der Waals surface area contributed by atoms with E-state index in [-0.39, 0.29) is 11.8 Å². The summed E-state index contributed by atoms with van der Waals surface area (Å²) in [6, 6.07) is 0. The molecule has 1 aliphatic rings. The predicted octanol–water partition coefficient (Wildman–Crippen LogP) is 4.58. The first kappa shape index (κ1) is 29.2. The molecule has 0 aliphatic carbocycles. The number of likely N-dealkylation sites (tertiary alicyclic amines) is 1. The van der Waals surface area contributed by atoms with Gasteiger partial charge < -0.3 is 4.90 Å². The van der Waals surface area contributed by atoms with Crippen molar-refractivity contribution in [3.8, 4) is 0 Å². The summed E-state index contributed by atoms with van der Waals surface area (Å²) in [5.41, 5.74) is 0. The van der Waals surface area contributed by atoms with Gasteiger partial charge in [0.1, 0.15) is 0 Å². The highest BCUT2D eigenvalue weighted by Crippen LogP contribution is 2.09. The number of imide groups is 1. The largest absolute Gasteiger partial charge is 0.309 e. The lowest BCUT2D eigenvalue weighted by molar-refractivity contribution is -0.138. The molecule has 0 unspecified atom stereocenters. The number of hydrogen-bond donors (Lipinski definition) is 0. The molecular formula is C18H42N2O2. The van der Waals surface area contributed by atoms with Gasteiger partial charge in [0.15, 0.2) is 0 Å². The second-order valence-corrected chi connectivity index (χ2v) is 4.19. The van der Waals surface area contributed by atoms with Crippen LogP contribution in [-0.4, -0.2) is 48.8 Å². The SMILES string of the molecule is CC.CC.CC.CCCCN(C)C.CCN1C(=O)CCC1=O. The van der Waals surface area contributed by atoms with Crippen LogP contribution in [0.4, 0.5) is 0 Å². The van der Waals surface area contributed by atoms with Gasteiger partial charge in [0, 0.05) is 19.4 Å².